The van der Waals surface area contributed by atoms with Crippen LogP contribution in [0.3, 0.4) is 0 Å². The van der Waals surface area contributed by atoms with E-state index in [9.17, 15) is 10.1 Å². The van der Waals surface area contributed by atoms with Crippen LogP contribution >= 0.6 is 0 Å². The van der Waals surface area contributed by atoms with Gasteiger partial charge in [-0.2, -0.15) is 4.57 Å². The number of rotatable bonds is 6. The van der Waals surface area contributed by atoms with Gasteiger partial charge >= 0.3 is 5.95 Å². The van der Waals surface area contributed by atoms with Gasteiger partial charge in [-0.1, -0.05) is 4.98 Å². The lowest BCUT2D eigenvalue weighted by Crippen LogP contribution is -2.03. The molecule has 0 aliphatic carbocycles. The van der Waals surface area contributed by atoms with Crippen molar-refractivity contribution in [3.05, 3.63) is 34.8 Å². The number of nitrogens with zero attached hydrogens (tertiary/aromatic N) is 3. The van der Waals surface area contributed by atoms with Crippen LogP contribution < -0.4 is 0 Å². The van der Waals surface area contributed by atoms with Gasteiger partial charge < -0.3 is 20.0 Å². The number of ether oxygens (including phenoxy) is 1. The lowest BCUT2D eigenvalue weighted by atomic mass is 10.4. The molecular formula is C8H11N3O4. The van der Waals surface area contributed by atoms with Crippen molar-refractivity contribution in [2.45, 2.75) is 13.2 Å². The van der Waals surface area contributed by atoms with E-state index in [4.69, 9.17) is 9.84 Å². The summed E-state index contributed by atoms with van der Waals surface area (Å²) in [6.45, 7) is 0.0727. The van der Waals surface area contributed by atoms with E-state index >= 15 is 0 Å². The molecule has 0 saturated carbocycles. The molecule has 0 atom stereocenters. The van der Waals surface area contributed by atoms with E-state index in [1.165, 1.54) is 23.2 Å². The Morgan fingerprint density at radius 1 is 1.73 bits per heavy atom. The summed E-state index contributed by atoms with van der Waals surface area (Å²) >= 11 is 0. The van der Waals surface area contributed by atoms with Crippen molar-refractivity contribution < 1.29 is 14.8 Å². The molecular weight excluding hydrogens is 202 g/mol. The molecule has 0 spiro atoms. The fraction of sp³-hybridized carbons (Fsp3) is 0.375. The average molecular weight is 213 g/mol. The summed E-state index contributed by atoms with van der Waals surface area (Å²) in [4.78, 5) is 13.4. The minimum atomic E-state index is -0.583. The Balaban J connectivity index is 2.43. The Hall–Kier alpha value is -1.89. The standard InChI is InChI=1S/C8H11N3O4/c12-5-1-2-6-15-7-10-4-3-9-8(10)11(13)14/h2-4,6,12H,1,5,7H2. The third-order valence-corrected chi connectivity index (χ3v) is 1.56. The maximum absolute atomic E-state index is 10.4. The van der Waals surface area contributed by atoms with Crippen LogP contribution in [0.4, 0.5) is 5.95 Å². The van der Waals surface area contributed by atoms with Crippen LogP contribution in [0, 0.1) is 10.1 Å². The molecule has 0 amide bonds. The SMILES string of the molecule is O=[N+]([O-])c1nccn1COC=CCCO. The van der Waals surface area contributed by atoms with Gasteiger partial charge in [0.15, 0.2) is 0 Å². The highest BCUT2D eigenvalue weighted by atomic mass is 16.6. The largest absolute Gasteiger partial charge is 0.468 e. The van der Waals surface area contributed by atoms with Gasteiger partial charge in [-0.05, 0) is 17.4 Å². The van der Waals surface area contributed by atoms with Crippen molar-refractivity contribution >= 4 is 5.95 Å². The molecule has 0 aliphatic heterocycles. The highest BCUT2D eigenvalue weighted by Gasteiger charge is 2.12. The summed E-state index contributed by atoms with van der Waals surface area (Å²) in [6, 6.07) is 0. The zero-order valence-electron chi connectivity index (χ0n) is 7.94. The zero-order chi connectivity index (χ0) is 11.1. The number of aliphatic hydroxyl groups excluding tert-OH is 1. The topological polar surface area (TPSA) is 90.4 Å². The van der Waals surface area contributed by atoms with Crippen LogP contribution in [-0.4, -0.2) is 26.2 Å². The van der Waals surface area contributed by atoms with Crippen LogP contribution in [0.25, 0.3) is 0 Å². The molecule has 7 nitrogen and oxygen atoms in total. The smallest absolute Gasteiger partial charge is 0.437 e. The first-order valence-electron chi connectivity index (χ1n) is 4.28. The highest BCUT2D eigenvalue weighted by Crippen LogP contribution is 2.06. The molecule has 1 aromatic heterocycles. The Morgan fingerprint density at radius 3 is 3.20 bits per heavy atom. The van der Waals surface area contributed by atoms with Crippen molar-refractivity contribution in [1.29, 1.82) is 0 Å². The summed E-state index contributed by atoms with van der Waals surface area (Å²) in [6.07, 6.45) is 6.30. The summed E-state index contributed by atoms with van der Waals surface area (Å²) < 4.78 is 6.26. The van der Waals surface area contributed by atoms with Crippen molar-refractivity contribution in [2.75, 3.05) is 6.61 Å². The van der Waals surface area contributed by atoms with E-state index < -0.39 is 4.92 Å². The second-order valence-electron chi connectivity index (χ2n) is 2.63. The number of aromatic nitrogens is 2. The third kappa shape index (κ3) is 3.39. The van der Waals surface area contributed by atoms with E-state index in [1.54, 1.807) is 6.08 Å². The number of nitro groups is 1. The predicted octanol–water partition coefficient (Wildman–Crippen LogP) is 0.661. The summed E-state index contributed by atoms with van der Waals surface area (Å²) in [7, 11) is 0. The molecule has 0 aliphatic rings. The molecule has 0 aromatic carbocycles. The second kappa shape index (κ2) is 5.76. The minimum absolute atomic E-state index is 0.0260. The van der Waals surface area contributed by atoms with Crippen LogP contribution in [0.1, 0.15) is 6.42 Å². The molecule has 1 N–H and O–H groups in total. The number of imidazole rings is 1. The van der Waals surface area contributed by atoms with Gasteiger partial charge in [0.05, 0.1) is 6.26 Å². The summed E-state index contributed by atoms with van der Waals surface area (Å²) in [5.74, 6) is -0.259. The van der Waals surface area contributed by atoms with Crippen molar-refractivity contribution in [3.63, 3.8) is 0 Å². The molecule has 15 heavy (non-hydrogen) atoms. The Labute approximate surface area is 85.8 Å². The van der Waals surface area contributed by atoms with Crippen LogP contribution in [0.5, 0.6) is 0 Å². The number of aliphatic hydroxyl groups is 1. The van der Waals surface area contributed by atoms with E-state index in [-0.39, 0.29) is 19.3 Å². The second-order valence-corrected chi connectivity index (χ2v) is 2.63. The predicted molar refractivity (Wildman–Crippen MR) is 50.8 cm³/mol. The fourth-order valence-electron chi connectivity index (χ4n) is 0.908. The molecule has 1 rings (SSSR count). The van der Waals surface area contributed by atoms with Gasteiger partial charge in [-0.15, -0.1) is 0 Å². The van der Waals surface area contributed by atoms with Gasteiger partial charge in [-0.25, -0.2) is 0 Å². The lowest BCUT2D eigenvalue weighted by Gasteiger charge is -2.00. The molecule has 0 unspecified atom stereocenters. The van der Waals surface area contributed by atoms with Gasteiger partial charge in [0.2, 0.25) is 6.73 Å². The highest BCUT2D eigenvalue weighted by molar-refractivity contribution is 5.05. The minimum Gasteiger partial charge on any atom is -0.468 e. The summed E-state index contributed by atoms with van der Waals surface area (Å²) in [5.41, 5.74) is 0. The van der Waals surface area contributed by atoms with Gasteiger partial charge in [-0.3, -0.25) is 0 Å². The molecule has 0 saturated heterocycles. The number of hydrogen-bond acceptors (Lipinski definition) is 5. The first kappa shape index (κ1) is 11.2. The molecule has 0 radical (unpaired) electrons. The molecule has 1 heterocycles. The van der Waals surface area contributed by atoms with Gasteiger partial charge in [0, 0.05) is 6.61 Å². The molecule has 0 fully saturated rings. The first-order chi connectivity index (χ1) is 7.25. The van der Waals surface area contributed by atoms with Crippen LogP contribution in [0.2, 0.25) is 0 Å². The fourth-order valence-corrected chi connectivity index (χ4v) is 0.908. The molecule has 7 heteroatoms. The van der Waals surface area contributed by atoms with E-state index in [2.05, 4.69) is 4.98 Å². The van der Waals surface area contributed by atoms with E-state index in [0.29, 0.717) is 6.42 Å². The average Bonchev–Trinajstić information content (AvgIpc) is 2.66. The molecule has 1 aromatic rings. The third-order valence-electron chi connectivity index (χ3n) is 1.56. The first-order valence-corrected chi connectivity index (χ1v) is 4.28. The Kier molecular flexibility index (Phi) is 4.30. The van der Waals surface area contributed by atoms with E-state index in [0.717, 1.165) is 0 Å². The quantitative estimate of drug-likeness (QED) is 0.426. The van der Waals surface area contributed by atoms with Gasteiger partial charge in [0.1, 0.15) is 12.4 Å². The van der Waals surface area contributed by atoms with Crippen LogP contribution in [-0.2, 0) is 11.5 Å². The summed E-state index contributed by atoms with van der Waals surface area (Å²) in [5, 5.41) is 18.9. The van der Waals surface area contributed by atoms with Crippen molar-refractivity contribution in [3.8, 4) is 0 Å². The zero-order valence-corrected chi connectivity index (χ0v) is 7.94. The lowest BCUT2D eigenvalue weighted by molar-refractivity contribution is -0.397. The maximum atomic E-state index is 10.4. The van der Waals surface area contributed by atoms with Gasteiger partial charge in [0.25, 0.3) is 0 Å². The number of hydrogen-bond donors (Lipinski definition) is 1. The Morgan fingerprint density at radius 2 is 2.53 bits per heavy atom. The van der Waals surface area contributed by atoms with Crippen molar-refractivity contribution in [2.24, 2.45) is 0 Å². The molecule has 0 bridgehead atoms. The van der Waals surface area contributed by atoms with Crippen LogP contribution in [0.15, 0.2) is 24.7 Å². The Bertz CT molecular complexity index is 347. The molecule has 82 valence electrons. The van der Waals surface area contributed by atoms with E-state index in [1.807, 2.05) is 0 Å². The monoisotopic (exact) mass is 213 g/mol. The van der Waals surface area contributed by atoms with Crippen molar-refractivity contribution in [1.82, 2.24) is 9.55 Å². The maximum Gasteiger partial charge on any atom is 0.437 e. The normalized spacial score (nSPS) is 10.7.